The Morgan fingerprint density at radius 3 is 2.34 bits per heavy atom. The van der Waals surface area contributed by atoms with Crippen molar-refractivity contribution < 1.29 is 18.0 Å². The van der Waals surface area contributed by atoms with Gasteiger partial charge in [0.25, 0.3) is 0 Å². The van der Waals surface area contributed by atoms with Gasteiger partial charge < -0.3 is 20.9 Å². The van der Waals surface area contributed by atoms with Crippen LogP contribution in [0.15, 0.2) is 53.3 Å². The fraction of sp³-hybridized carbons (Fsp3) is 0.538. The van der Waals surface area contributed by atoms with Gasteiger partial charge in [0, 0.05) is 49.7 Å². The number of amides is 1. The molecule has 3 atom stereocenters. The Bertz CT molecular complexity index is 987. The normalized spacial score (nSPS) is 24.7. The molecule has 0 unspecified atom stereocenters. The third-order valence-corrected chi connectivity index (χ3v) is 7.39. The van der Waals surface area contributed by atoms with Crippen LogP contribution in [0.2, 0.25) is 0 Å². The van der Waals surface area contributed by atoms with Gasteiger partial charge in [0.05, 0.1) is 11.5 Å². The van der Waals surface area contributed by atoms with Crippen molar-refractivity contribution >= 4 is 11.7 Å². The summed E-state index contributed by atoms with van der Waals surface area (Å²) in [5.74, 6) is 0.608. The number of nitrogens with one attached hydrogen (secondary N) is 1. The molecule has 2 saturated heterocycles. The van der Waals surface area contributed by atoms with Crippen LogP contribution in [0, 0.1) is 5.92 Å². The zero-order valence-corrected chi connectivity index (χ0v) is 20.2. The summed E-state index contributed by atoms with van der Waals surface area (Å²) >= 11 is 0. The molecule has 1 aromatic carbocycles. The number of carbonyl (C=O) groups excluding carboxylic acids is 1. The lowest BCUT2D eigenvalue weighted by molar-refractivity contribution is -0.137. The summed E-state index contributed by atoms with van der Waals surface area (Å²) in [5.41, 5.74) is 8.15. The molecule has 4 rings (SSSR count). The summed E-state index contributed by atoms with van der Waals surface area (Å²) in [6.45, 7) is 8.97. The predicted molar refractivity (Wildman–Crippen MR) is 131 cm³/mol. The summed E-state index contributed by atoms with van der Waals surface area (Å²) in [7, 11) is 0. The Kier molecular flexibility index (Phi) is 7.54. The summed E-state index contributed by atoms with van der Waals surface area (Å²) < 4.78 is 39.2. The molecule has 190 valence electrons. The van der Waals surface area contributed by atoms with Crippen LogP contribution in [0.3, 0.4) is 0 Å². The molecule has 9 heteroatoms. The molecular weight excluding hydrogens is 455 g/mol. The lowest BCUT2D eigenvalue weighted by Gasteiger charge is -2.39. The second-order valence-electron chi connectivity index (χ2n) is 9.63. The Balaban J connectivity index is 1.50. The minimum Gasteiger partial charge on any atom is -0.402 e. The van der Waals surface area contributed by atoms with E-state index < -0.39 is 17.7 Å². The first-order chi connectivity index (χ1) is 16.7. The Morgan fingerprint density at radius 1 is 1.17 bits per heavy atom. The molecule has 1 amide bonds. The molecule has 2 heterocycles. The van der Waals surface area contributed by atoms with Crippen LogP contribution in [0.5, 0.6) is 0 Å². The van der Waals surface area contributed by atoms with Crippen LogP contribution in [0.1, 0.15) is 49.7 Å². The van der Waals surface area contributed by atoms with E-state index in [9.17, 15) is 18.0 Å². The summed E-state index contributed by atoms with van der Waals surface area (Å²) in [6.07, 6.45) is 0.746. The number of hydrogen-bond donors (Lipinski definition) is 2. The first kappa shape index (κ1) is 25.3. The molecular formula is C26H34F3N5O. The number of alkyl halides is 3. The summed E-state index contributed by atoms with van der Waals surface area (Å²) in [6, 6.07) is 4.96. The van der Waals surface area contributed by atoms with E-state index in [1.54, 1.807) is 0 Å². The van der Waals surface area contributed by atoms with Crippen LogP contribution in [-0.4, -0.2) is 60.3 Å². The number of hydrogen-bond acceptors (Lipinski definition) is 4. The zero-order valence-electron chi connectivity index (χ0n) is 20.2. The smallest absolute Gasteiger partial charge is 0.402 e. The number of nitrogens with two attached hydrogens (primary N) is 1. The third kappa shape index (κ3) is 5.39. The number of allylic oxidation sites excluding steroid dienone is 1. The van der Waals surface area contributed by atoms with Gasteiger partial charge in [-0.05, 0) is 55.8 Å². The van der Waals surface area contributed by atoms with E-state index in [2.05, 4.69) is 28.7 Å². The molecule has 2 aliphatic heterocycles. The van der Waals surface area contributed by atoms with Gasteiger partial charge in [0.15, 0.2) is 0 Å². The van der Waals surface area contributed by atoms with Gasteiger partial charge >= 0.3 is 6.18 Å². The Hall–Kier alpha value is -2.81. The van der Waals surface area contributed by atoms with Crippen molar-refractivity contribution in [2.45, 2.75) is 50.7 Å². The highest BCUT2D eigenvalue weighted by atomic mass is 19.4. The third-order valence-electron chi connectivity index (χ3n) is 7.39. The van der Waals surface area contributed by atoms with Crippen molar-refractivity contribution in [2.24, 2.45) is 16.6 Å². The molecule has 0 saturated carbocycles. The highest BCUT2D eigenvalue weighted by molar-refractivity contribution is 6.00. The maximum atomic E-state index is 13.7. The van der Waals surface area contributed by atoms with Gasteiger partial charge in [0.1, 0.15) is 5.84 Å². The first-order valence-corrected chi connectivity index (χ1v) is 12.3. The van der Waals surface area contributed by atoms with Crippen LogP contribution in [0.25, 0.3) is 0 Å². The molecule has 0 bridgehead atoms. The largest absolute Gasteiger partial charge is 0.416 e. The average molecular weight is 490 g/mol. The van der Waals surface area contributed by atoms with Crippen molar-refractivity contribution in [3.05, 3.63) is 59.4 Å². The SMILES string of the molecule is C=C/N=C(\C1=C(N)CC[C@H]1C)N1CCN(C(=O)[C@@H](c2ccc(C(F)(F)F)cc2)[C@@H]2CCCN2)CC1. The van der Waals surface area contributed by atoms with E-state index in [1.165, 1.54) is 18.3 Å². The molecule has 6 nitrogen and oxygen atoms in total. The number of piperazine rings is 1. The van der Waals surface area contributed by atoms with E-state index in [0.717, 1.165) is 61.5 Å². The van der Waals surface area contributed by atoms with Gasteiger partial charge in [-0.2, -0.15) is 13.2 Å². The molecule has 0 spiro atoms. The molecule has 0 radical (unpaired) electrons. The number of rotatable bonds is 5. The van der Waals surface area contributed by atoms with E-state index in [-0.39, 0.29) is 11.9 Å². The number of benzene rings is 1. The second kappa shape index (κ2) is 10.4. The summed E-state index contributed by atoms with van der Waals surface area (Å²) in [4.78, 5) is 22.2. The Labute approximate surface area is 204 Å². The molecule has 2 fully saturated rings. The molecule has 35 heavy (non-hydrogen) atoms. The molecule has 3 aliphatic rings. The summed E-state index contributed by atoms with van der Waals surface area (Å²) in [5, 5.41) is 3.38. The van der Waals surface area contributed by atoms with Gasteiger partial charge in [-0.1, -0.05) is 25.6 Å². The first-order valence-electron chi connectivity index (χ1n) is 12.3. The maximum absolute atomic E-state index is 13.7. The molecule has 3 N–H and O–H groups in total. The number of aliphatic imine (C=N–C) groups is 1. The number of halogens is 3. The molecule has 0 aromatic heterocycles. The minimum atomic E-state index is -4.40. The minimum absolute atomic E-state index is 0.0426. The highest BCUT2D eigenvalue weighted by Crippen LogP contribution is 2.34. The van der Waals surface area contributed by atoms with Gasteiger partial charge in [-0.3, -0.25) is 4.79 Å². The van der Waals surface area contributed by atoms with E-state index in [4.69, 9.17) is 5.73 Å². The average Bonchev–Trinajstić information content (AvgIpc) is 3.48. The molecule has 1 aromatic rings. The van der Waals surface area contributed by atoms with Crippen molar-refractivity contribution in [3.63, 3.8) is 0 Å². The standard InChI is InChI=1S/C26H34F3N5O/c1-3-31-24(22-17(2)6-11-20(22)30)33-13-15-34(16-14-33)25(35)23(21-5-4-12-32-21)18-7-9-19(10-8-18)26(27,28)29/h3,7-10,17,21,23,32H,1,4-6,11-16,30H2,2H3/b31-24+/t17-,21+,23+/m1/s1. The topological polar surface area (TPSA) is 74.0 Å². The van der Waals surface area contributed by atoms with Gasteiger partial charge in [0.2, 0.25) is 5.91 Å². The van der Waals surface area contributed by atoms with Gasteiger partial charge in [-0.15, -0.1) is 0 Å². The fourth-order valence-corrected chi connectivity index (χ4v) is 5.50. The predicted octanol–water partition coefficient (Wildman–Crippen LogP) is 3.87. The lowest BCUT2D eigenvalue weighted by Crippen LogP contribution is -2.53. The van der Waals surface area contributed by atoms with Gasteiger partial charge in [-0.25, -0.2) is 4.99 Å². The van der Waals surface area contributed by atoms with E-state index in [0.29, 0.717) is 37.7 Å². The quantitative estimate of drug-likeness (QED) is 0.487. The van der Waals surface area contributed by atoms with E-state index in [1.807, 2.05) is 4.90 Å². The van der Waals surface area contributed by atoms with Crippen molar-refractivity contribution in [2.75, 3.05) is 32.7 Å². The molecule has 1 aliphatic carbocycles. The monoisotopic (exact) mass is 489 g/mol. The van der Waals surface area contributed by atoms with Crippen LogP contribution >= 0.6 is 0 Å². The fourth-order valence-electron chi connectivity index (χ4n) is 5.50. The number of carbonyl (C=O) groups is 1. The zero-order chi connectivity index (χ0) is 25.2. The lowest BCUT2D eigenvalue weighted by atomic mass is 9.88. The second-order valence-corrected chi connectivity index (χ2v) is 9.63. The Morgan fingerprint density at radius 2 is 1.83 bits per heavy atom. The van der Waals surface area contributed by atoms with Crippen molar-refractivity contribution in [3.8, 4) is 0 Å². The number of amidine groups is 1. The van der Waals surface area contributed by atoms with Crippen LogP contribution < -0.4 is 11.1 Å². The van der Waals surface area contributed by atoms with Crippen LogP contribution in [0.4, 0.5) is 13.2 Å². The van der Waals surface area contributed by atoms with E-state index >= 15 is 0 Å². The van der Waals surface area contributed by atoms with Crippen molar-refractivity contribution in [1.82, 2.24) is 15.1 Å². The number of nitrogens with zero attached hydrogens (tertiary/aromatic N) is 3. The van der Waals surface area contributed by atoms with Crippen molar-refractivity contribution in [1.29, 1.82) is 0 Å². The highest BCUT2D eigenvalue weighted by Gasteiger charge is 2.38. The maximum Gasteiger partial charge on any atom is 0.416 e. The van der Waals surface area contributed by atoms with Crippen LogP contribution in [-0.2, 0) is 11.0 Å².